The van der Waals surface area contributed by atoms with E-state index in [1.165, 1.54) is 0 Å². The van der Waals surface area contributed by atoms with Crippen molar-refractivity contribution in [2.45, 2.75) is 71.9 Å². The smallest absolute Gasteiger partial charge is 0.327 e. The van der Waals surface area contributed by atoms with Crippen LogP contribution in [0.15, 0.2) is 53.5 Å². The molecule has 0 saturated heterocycles. The fraction of sp³-hybridized carbons (Fsp3) is 0.471. The highest BCUT2D eigenvalue weighted by molar-refractivity contribution is 5.96. The number of nitrogens with zero attached hydrogens (tertiary/aromatic N) is 2. The second kappa shape index (κ2) is 18.9. The summed E-state index contributed by atoms with van der Waals surface area (Å²) in [5.41, 5.74) is 1.53. The van der Waals surface area contributed by atoms with Crippen molar-refractivity contribution < 1.29 is 34.1 Å². The van der Waals surface area contributed by atoms with Gasteiger partial charge in [-0.3, -0.25) is 14.9 Å². The second-order valence-electron chi connectivity index (χ2n) is 12.9. The van der Waals surface area contributed by atoms with E-state index < -0.39 is 41.8 Å². The third kappa shape index (κ3) is 14.1. The Morgan fingerprint density at radius 2 is 1.56 bits per heavy atom. The van der Waals surface area contributed by atoms with Crippen LogP contribution in [0.5, 0.6) is 5.75 Å². The second-order valence-corrected chi connectivity index (χ2v) is 12.9. The minimum atomic E-state index is -1.23. The summed E-state index contributed by atoms with van der Waals surface area (Å²) >= 11 is 0. The number of carbonyl (C=O) groups excluding carboxylic acids is 2. The SMILES string of the molecule is COc1ccc(NC(=Nc2ccc(C(CC(C)C)C(=O)NC(CCNCC(NC(=O)CC(C)(C)C)C(=O)O)C(=O)O)cc2)NC#N)cc1. The summed E-state index contributed by atoms with van der Waals surface area (Å²) in [7, 11) is 1.56. The van der Waals surface area contributed by atoms with E-state index in [4.69, 9.17) is 4.74 Å². The molecule has 14 heteroatoms. The molecule has 0 aliphatic heterocycles. The topological polar surface area (TPSA) is 214 Å². The number of aliphatic imine (C=N–C) groups is 1. The lowest BCUT2D eigenvalue weighted by molar-refractivity contribution is -0.142. The molecule has 2 amide bonds. The Bertz CT molecular complexity index is 1450. The van der Waals surface area contributed by atoms with E-state index in [0.29, 0.717) is 29.1 Å². The molecule has 0 aliphatic carbocycles. The maximum atomic E-state index is 13.4. The first kappa shape index (κ1) is 39.0. The van der Waals surface area contributed by atoms with Crippen molar-refractivity contribution in [3.63, 3.8) is 0 Å². The number of nitrogens with one attached hydrogen (secondary N) is 5. The number of hydrogen-bond acceptors (Lipinski definition) is 8. The van der Waals surface area contributed by atoms with Crippen molar-refractivity contribution in [2.75, 3.05) is 25.5 Å². The standard InChI is InChI=1S/C34H47N7O7/c1-21(2)17-26(22-7-9-23(10-8-22)38-33(37-20-35)39-24-11-13-25(48-6)14-12-24)30(43)41-27(31(44)45)15-16-36-19-28(32(46)47)40-29(42)18-34(3,4)5/h7-14,21,26-28,36H,15-19H2,1-6H3,(H,40,42)(H,41,43)(H,44,45)(H,46,47)(H2,37,38,39). The third-order valence-electron chi connectivity index (χ3n) is 6.98. The molecule has 14 nitrogen and oxygen atoms in total. The maximum absolute atomic E-state index is 13.4. The molecular weight excluding hydrogens is 618 g/mol. The van der Waals surface area contributed by atoms with Gasteiger partial charge in [-0.15, -0.1) is 0 Å². The summed E-state index contributed by atoms with van der Waals surface area (Å²) < 4.78 is 5.16. The Morgan fingerprint density at radius 1 is 0.938 bits per heavy atom. The summed E-state index contributed by atoms with van der Waals surface area (Å²) in [6.07, 6.45) is 2.44. The first-order valence-electron chi connectivity index (χ1n) is 15.6. The minimum Gasteiger partial charge on any atom is -0.497 e. The van der Waals surface area contributed by atoms with Crippen molar-refractivity contribution in [2.24, 2.45) is 16.3 Å². The lowest BCUT2D eigenvalue weighted by atomic mass is 9.89. The van der Waals surface area contributed by atoms with E-state index in [-0.39, 0.29) is 43.2 Å². The molecule has 2 aromatic rings. The van der Waals surface area contributed by atoms with Gasteiger partial charge in [0.2, 0.25) is 17.8 Å². The van der Waals surface area contributed by atoms with Crippen LogP contribution in [0.4, 0.5) is 11.4 Å². The van der Waals surface area contributed by atoms with Gasteiger partial charge in [0.05, 0.1) is 18.7 Å². The summed E-state index contributed by atoms with van der Waals surface area (Å²) in [4.78, 5) is 53.8. The number of carbonyl (C=O) groups is 4. The summed E-state index contributed by atoms with van der Waals surface area (Å²) in [6, 6.07) is 11.5. The number of rotatable bonds is 17. The molecule has 0 radical (unpaired) electrons. The van der Waals surface area contributed by atoms with E-state index in [1.54, 1.807) is 55.6 Å². The van der Waals surface area contributed by atoms with Gasteiger partial charge >= 0.3 is 11.9 Å². The van der Waals surface area contributed by atoms with Crippen molar-refractivity contribution >= 4 is 41.1 Å². The van der Waals surface area contributed by atoms with Crippen LogP contribution in [-0.2, 0) is 19.2 Å². The highest BCUT2D eigenvalue weighted by atomic mass is 16.5. The van der Waals surface area contributed by atoms with Crippen molar-refractivity contribution in [3.8, 4) is 11.9 Å². The van der Waals surface area contributed by atoms with E-state index >= 15 is 0 Å². The van der Waals surface area contributed by atoms with Crippen LogP contribution in [0.3, 0.4) is 0 Å². The van der Waals surface area contributed by atoms with E-state index in [1.807, 2.05) is 40.8 Å². The zero-order valence-electron chi connectivity index (χ0n) is 28.3. The van der Waals surface area contributed by atoms with Crippen molar-refractivity contribution in [1.29, 1.82) is 5.26 Å². The fourth-order valence-electron chi connectivity index (χ4n) is 4.68. The van der Waals surface area contributed by atoms with Gasteiger partial charge in [0.1, 0.15) is 17.8 Å². The lowest BCUT2D eigenvalue weighted by Crippen LogP contribution is -2.49. The molecule has 260 valence electrons. The van der Waals surface area contributed by atoms with Gasteiger partial charge in [0.15, 0.2) is 6.19 Å². The average Bonchev–Trinajstić information content (AvgIpc) is 3.00. The summed E-state index contributed by atoms with van der Waals surface area (Å²) in [6.45, 7) is 9.49. The number of nitriles is 1. The number of methoxy groups -OCH3 is 1. The number of benzene rings is 2. The highest BCUT2D eigenvalue weighted by Crippen LogP contribution is 2.27. The Hall–Kier alpha value is -5.16. The zero-order valence-corrected chi connectivity index (χ0v) is 28.3. The fourth-order valence-corrected chi connectivity index (χ4v) is 4.68. The third-order valence-corrected chi connectivity index (χ3v) is 6.98. The van der Waals surface area contributed by atoms with Gasteiger partial charge in [0.25, 0.3) is 0 Å². The number of anilines is 1. The molecule has 0 aliphatic rings. The zero-order chi connectivity index (χ0) is 35.9. The van der Waals surface area contributed by atoms with Crippen LogP contribution < -0.4 is 31.3 Å². The number of carboxylic acids is 2. The molecule has 0 aromatic heterocycles. The van der Waals surface area contributed by atoms with Gasteiger partial charge < -0.3 is 36.2 Å². The van der Waals surface area contributed by atoms with E-state index in [2.05, 4.69) is 31.6 Å². The monoisotopic (exact) mass is 665 g/mol. The first-order valence-corrected chi connectivity index (χ1v) is 15.6. The van der Waals surface area contributed by atoms with Crippen LogP contribution in [0.2, 0.25) is 0 Å². The van der Waals surface area contributed by atoms with Crippen LogP contribution >= 0.6 is 0 Å². The summed E-state index contributed by atoms with van der Waals surface area (Å²) in [5, 5.41) is 42.1. The molecule has 2 aromatic carbocycles. The lowest BCUT2D eigenvalue weighted by Gasteiger charge is -2.23. The van der Waals surface area contributed by atoms with Crippen LogP contribution in [-0.4, -0.2) is 72.2 Å². The molecule has 2 rings (SSSR count). The summed E-state index contributed by atoms with van der Waals surface area (Å²) in [5.74, 6) is -2.97. The molecule has 0 saturated carbocycles. The van der Waals surface area contributed by atoms with Gasteiger partial charge in [-0.2, -0.15) is 5.26 Å². The molecular formula is C34H47N7O7. The number of guanidine groups is 1. The Balaban J connectivity index is 2.09. The predicted octanol–water partition coefficient (Wildman–Crippen LogP) is 3.55. The first-order chi connectivity index (χ1) is 22.6. The van der Waals surface area contributed by atoms with Gasteiger partial charge in [-0.05, 0) is 72.7 Å². The van der Waals surface area contributed by atoms with Gasteiger partial charge in [0, 0.05) is 18.7 Å². The number of hydrogen-bond donors (Lipinski definition) is 7. The van der Waals surface area contributed by atoms with E-state index in [0.717, 1.165) is 0 Å². The van der Waals surface area contributed by atoms with Gasteiger partial charge in [-0.25, -0.2) is 14.6 Å². The molecule has 3 atom stereocenters. The predicted molar refractivity (Wildman–Crippen MR) is 182 cm³/mol. The van der Waals surface area contributed by atoms with Crippen LogP contribution in [0.1, 0.15) is 65.4 Å². The largest absolute Gasteiger partial charge is 0.497 e. The number of ether oxygens (including phenoxy) is 1. The number of amides is 2. The molecule has 7 N–H and O–H groups in total. The maximum Gasteiger partial charge on any atom is 0.327 e. The Kier molecular flexibility index (Phi) is 15.3. The number of carboxylic acid groups (broad SMARTS) is 2. The normalized spacial score (nSPS) is 13.4. The molecule has 0 heterocycles. The Labute approximate surface area is 281 Å². The van der Waals surface area contributed by atoms with Crippen LogP contribution in [0, 0.1) is 22.8 Å². The average molecular weight is 666 g/mol. The number of aliphatic carboxylic acids is 2. The van der Waals surface area contributed by atoms with Crippen molar-refractivity contribution in [1.82, 2.24) is 21.3 Å². The highest BCUT2D eigenvalue weighted by Gasteiger charge is 2.28. The molecule has 0 spiro atoms. The molecule has 0 fully saturated rings. The van der Waals surface area contributed by atoms with Crippen LogP contribution in [0.25, 0.3) is 0 Å². The Morgan fingerprint density at radius 3 is 2.08 bits per heavy atom. The van der Waals surface area contributed by atoms with Gasteiger partial charge in [-0.1, -0.05) is 46.8 Å². The molecule has 48 heavy (non-hydrogen) atoms. The molecule has 3 unspecified atom stereocenters. The quantitative estimate of drug-likeness (QED) is 0.0426. The molecule has 0 bridgehead atoms. The minimum absolute atomic E-state index is 0.0126. The van der Waals surface area contributed by atoms with Crippen molar-refractivity contribution in [3.05, 3.63) is 54.1 Å². The van der Waals surface area contributed by atoms with E-state index in [9.17, 15) is 34.7 Å².